The lowest BCUT2D eigenvalue weighted by Crippen LogP contribution is -2.37. The SMILES string of the molecule is CC(C)(C)OC(=O)N1CC2C=CCC(C(O)O)C2C1. The van der Waals surface area contributed by atoms with Gasteiger partial charge in [0.1, 0.15) is 5.60 Å². The summed E-state index contributed by atoms with van der Waals surface area (Å²) in [7, 11) is 0. The van der Waals surface area contributed by atoms with E-state index >= 15 is 0 Å². The minimum absolute atomic E-state index is 0.109. The Balaban J connectivity index is 2.02. The highest BCUT2D eigenvalue weighted by Gasteiger charge is 2.43. The quantitative estimate of drug-likeness (QED) is 0.557. The number of aliphatic hydroxyl groups excluding tert-OH is 1. The predicted octanol–water partition coefficient (Wildman–Crippen LogP) is 1.36. The van der Waals surface area contributed by atoms with Crippen LogP contribution in [0.2, 0.25) is 0 Å². The Morgan fingerprint density at radius 3 is 2.63 bits per heavy atom. The summed E-state index contributed by atoms with van der Waals surface area (Å²) in [5, 5.41) is 18.8. The van der Waals surface area contributed by atoms with Gasteiger partial charge in [0.15, 0.2) is 6.29 Å². The number of aliphatic hydroxyl groups is 2. The highest BCUT2D eigenvalue weighted by Crippen LogP contribution is 2.38. The highest BCUT2D eigenvalue weighted by atomic mass is 16.6. The lowest BCUT2D eigenvalue weighted by Gasteiger charge is -2.30. The van der Waals surface area contributed by atoms with Gasteiger partial charge in [-0.25, -0.2) is 4.79 Å². The molecule has 0 spiro atoms. The van der Waals surface area contributed by atoms with Crippen molar-refractivity contribution in [3.8, 4) is 0 Å². The number of rotatable bonds is 1. The van der Waals surface area contributed by atoms with E-state index in [0.717, 1.165) is 0 Å². The molecule has 2 rings (SSSR count). The molecular formula is C14H23NO4. The Morgan fingerprint density at radius 2 is 2.05 bits per heavy atom. The molecule has 0 radical (unpaired) electrons. The van der Waals surface area contributed by atoms with Gasteiger partial charge in [0.2, 0.25) is 0 Å². The molecule has 0 aromatic rings. The minimum Gasteiger partial charge on any atom is -0.444 e. The van der Waals surface area contributed by atoms with Crippen molar-refractivity contribution in [2.45, 2.75) is 39.1 Å². The van der Waals surface area contributed by atoms with Gasteiger partial charge in [-0.2, -0.15) is 0 Å². The fourth-order valence-corrected chi connectivity index (χ4v) is 2.91. The van der Waals surface area contributed by atoms with Crippen molar-refractivity contribution in [3.63, 3.8) is 0 Å². The number of hydrogen-bond acceptors (Lipinski definition) is 4. The topological polar surface area (TPSA) is 70.0 Å². The first-order valence-corrected chi connectivity index (χ1v) is 6.78. The van der Waals surface area contributed by atoms with Gasteiger partial charge < -0.3 is 19.8 Å². The highest BCUT2D eigenvalue weighted by molar-refractivity contribution is 5.68. The Hall–Kier alpha value is -1.07. The standard InChI is InChI=1S/C14H23NO4/c1-14(2,3)19-13(18)15-7-9-5-4-6-10(12(16)17)11(9)8-15/h4-5,9-12,16-17H,6-8H2,1-3H3. The Kier molecular flexibility index (Phi) is 3.87. The third-order valence-corrected chi connectivity index (χ3v) is 3.79. The molecule has 0 saturated carbocycles. The van der Waals surface area contributed by atoms with E-state index in [1.54, 1.807) is 4.90 Å². The molecule has 1 heterocycles. The summed E-state index contributed by atoms with van der Waals surface area (Å²) < 4.78 is 5.36. The molecule has 5 heteroatoms. The van der Waals surface area contributed by atoms with E-state index in [1.807, 2.05) is 26.8 Å². The average Bonchev–Trinajstić information content (AvgIpc) is 2.69. The first-order valence-electron chi connectivity index (χ1n) is 6.78. The molecular weight excluding hydrogens is 246 g/mol. The molecule has 3 atom stereocenters. The van der Waals surface area contributed by atoms with E-state index < -0.39 is 11.9 Å². The fourth-order valence-electron chi connectivity index (χ4n) is 2.91. The number of allylic oxidation sites excluding steroid dienone is 1. The average molecular weight is 269 g/mol. The van der Waals surface area contributed by atoms with Crippen molar-refractivity contribution in [1.82, 2.24) is 4.90 Å². The van der Waals surface area contributed by atoms with Crippen LogP contribution in [-0.2, 0) is 4.74 Å². The van der Waals surface area contributed by atoms with Crippen LogP contribution in [-0.4, -0.2) is 46.2 Å². The van der Waals surface area contributed by atoms with E-state index in [2.05, 4.69) is 6.08 Å². The maximum absolute atomic E-state index is 12.0. The second-order valence-electron chi connectivity index (χ2n) is 6.45. The molecule has 5 nitrogen and oxygen atoms in total. The van der Waals surface area contributed by atoms with Crippen LogP contribution in [0.15, 0.2) is 12.2 Å². The molecule has 1 aliphatic carbocycles. The summed E-state index contributed by atoms with van der Waals surface area (Å²) in [5.41, 5.74) is -0.503. The number of amides is 1. The van der Waals surface area contributed by atoms with Crippen LogP contribution in [0, 0.1) is 17.8 Å². The van der Waals surface area contributed by atoms with Crippen molar-refractivity contribution >= 4 is 6.09 Å². The summed E-state index contributed by atoms with van der Waals surface area (Å²) in [4.78, 5) is 13.7. The van der Waals surface area contributed by atoms with E-state index in [1.165, 1.54) is 0 Å². The lowest BCUT2D eigenvalue weighted by atomic mass is 9.77. The second kappa shape index (κ2) is 5.13. The van der Waals surface area contributed by atoms with Gasteiger partial charge >= 0.3 is 6.09 Å². The molecule has 1 fully saturated rings. The molecule has 0 aromatic heterocycles. The van der Waals surface area contributed by atoms with Gasteiger partial charge in [-0.05, 0) is 39.0 Å². The summed E-state index contributed by atoms with van der Waals surface area (Å²) in [5.74, 6) is 0.119. The smallest absolute Gasteiger partial charge is 0.410 e. The number of carbonyl (C=O) groups excluding carboxylic acids is 1. The maximum atomic E-state index is 12.0. The zero-order chi connectivity index (χ0) is 14.2. The molecule has 3 unspecified atom stereocenters. The van der Waals surface area contributed by atoms with Crippen LogP contribution >= 0.6 is 0 Å². The van der Waals surface area contributed by atoms with Crippen LogP contribution in [0.5, 0.6) is 0 Å². The number of ether oxygens (including phenoxy) is 1. The molecule has 1 amide bonds. The van der Waals surface area contributed by atoms with E-state index in [0.29, 0.717) is 19.5 Å². The monoisotopic (exact) mass is 269 g/mol. The fraction of sp³-hybridized carbons (Fsp3) is 0.786. The number of fused-ring (bicyclic) bond motifs is 1. The molecule has 0 aromatic carbocycles. The van der Waals surface area contributed by atoms with Crippen LogP contribution in [0.1, 0.15) is 27.2 Å². The maximum Gasteiger partial charge on any atom is 0.410 e. The zero-order valence-electron chi connectivity index (χ0n) is 11.7. The first kappa shape index (κ1) is 14.3. The zero-order valence-corrected chi connectivity index (χ0v) is 11.7. The summed E-state index contributed by atoms with van der Waals surface area (Å²) >= 11 is 0. The number of hydrogen-bond donors (Lipinski definition) is 2. The van der Waals surface area contributed by atoms with Crippen molar-refractivity contribution in [2.75, 3.05) is 13.1 Å². The van der Waals surface area contributed by atoms with Gasteiger partial charge in [0, 0.05) is 19.0 Å². The van der Waals surface area contributed by atoms with Gasteiger partial charge in [0.05, 0.1) is 0 Å². The summed E-state index contributed by atoms with van der Waals surface area (Å²) in [6, 6.07) is 0. The van der Waals surface area contributed by atoms with Gasteiger partial charge in [0.25, 0.3) is 0 Å². The van der Waals surface area contributed by atoms with E-state index in [-0.39, 0.29) is 23.8 Å². The third kappa shape index (κ3) is 3.28. The largest absolute Gasteiger partial charge is 0.444 e. The number of carbonyl (C=O) groups is 1. The lowest BCUT2D eigenvalue weighted by molar-refractivity contribution is -0.103. The summed E-state index contributed by atoms with van der Waals surface area (Å²) in [6.07, 6.45) is 3.07. The first-order chi connectivity index (χ1) is 8.78. The predicted molar refractivity (Wildman–Crippen MR) is 70.3 cm³/mol. The van der Waals surface area contributed by atoms with Crippen LogP contribution in [0.3, 0.4) is 0 Å². The van der Waals surface area contributed by atoms with Crippen LogP contribution in [0.4, 0.5) is 4.79 Å². The number of nitrogens with zero attached hydrogens (tertiary/aromatic N) is 1. The van der Waals surface area contributed by atoms with Crippen molar-refractivity contribution in [3.05, 3.63) is 12.2 Å². The molecule has 0 bridgehead atoms. The van der Waals surface area contributed by atoms with Crippen LogP contribution in [0.25, 0.3) is 0 Å². The normalized spacial score (nSPS) is 30.6. The number of likely N-dealkylation sites (tertiary alicyclic amines) is 1. The Morgan fingerprint density at radius 1 is 1.37 bits per heavy atom. The van der Waals surface area contributed by atoms with Gasteiger partial charge in [-0.3, -0.25) is 0 Å². The van der Waals surface area contributed by atoms with Crippen LogP contribution < -0.4 is 0 Å². The molecule has 1 aliphatic heterocycles. The van der Waals surface area contributed by atoms with Crippen molar-refractivity contribution in [1.29, 1.82) is 0 Å². The molecule has 2 aliphatic rings. The Labute approximate surface area is 113 Å². The summed E-state index contributed by atoms with van der Waals surface area (Å²) in [6.45, 7) is 6.65. The third-order valence-electron chi connectivity index (χ3n) is 3.79. The molecule has 108 valence electrons. The van der Waals surface area contributed by atoms with Gasteiger partial charge in [-0.1, -0.05) is 12.2 Å². The van der Waals surface area contributed by atoms with Crippen molar-refractivity contribution in [2.24, 2.45) is 17.8 Å². The Bertz CT molecular complexity index is 372. The molecule has 2 N–H and O–H groups in total. The minimum atomic E-state index is -1.32. The molecule has 1 saturated heterocycles. The van der Waals surface area contributed by atoms with Gasteiger partial charge in [-0.15, -0.1) is 0 Å². The van der Waals surface area contributed by atoms with E-state index in [9.17, 15) is 15.0 Å². The molecule has 19 heavy (non-hydrogen) atoms. The van der Waals surface area contributed by atoms with E-state index in [4.69, 9.17) is 4.74 Å². The second-order valence-corrected chi connectivity index (χ2v) is 6.45. The van der Waals surface area contributed by atoms with Crippen molar-refractivity contribution < 1.29 is 19.7 Å².